The Kier molecular flexibility index (Phi) is 4.59. The van der Waals surface area contributed by atoms with Crippen molar-refractivity contribution in [3.8, 4) is 0 Å². The van der Waals surface area contributed by atoms with Crippen molar-refractivity contribution < 1.29 is 0 Å². The first kappa shape index (κ1) is 12.9. The van der Waals surface area contributed by atoms with E-state index in [4.69, 9.17) is 4.99 Å². The minimum absolute atomic E-state index is 0.857. The van der Waals surface area contributed by atoms with E-state index in [1.54, 1.807) is 0 Å². The molecule has 0 bridgehead atoms. The number of nitrogens with zero attached hydrogens (tertiary/aromatic N) is 1. The van der Waals surface area contributed by atoms with Crippen molar-refractivity contribution in [2.45, 2.75) is 11.8 Å². The van der Waals surface area contributed by atoms with E-state index in [0.717, 1.165) is 23.6 Å². The first-order valence-electron chi connectivity index (χ1n) is 6.09. The summed E-state index contributed by atoms with van der Waals surface area (Å²) in [6.07, 6.45) is 7.99. The Hall–Kier alpha value is -1.54. The van der Waals surface area contributed by atoms with Gasteiger partial charge in [-0.05, 0) is 18.6 Å². The predicted molar refractivity (Wildman–Crippen MR) is 81.7 cm³/mol. The van der Waals surface area contributed by atoms with Gasteiger partial charge in [-0.3, -0.25) is 4.99 Å². The molecule has 1 nitrogen and oxygen atoms in total. The molecule has 0 N–H and O–H groups in total. The van der Waals surface area contributed by atoms with Gasteiger partial charge in [-0.25, -0.2) is 0 Å². The number of fused-ring (bicyclic) bond motifs is 1. The van der Waals surface area contributed by atoms with Crippen LogP contribution >= 0.6 is 11.8 Å². The minimum Gasteiger partial charge on any atom is -0.283 e. The Morgan fingerprint density at radius 1 is 1.39 bits per heavy atom. The molecule has 0 saturated heterocycles. The van der Waals surface area contributed by atoms with E-state index in [2.05, 4.69) is 36.9 Å². The molecule has 0 amide bonds. The second-order valence-corrected chi connectivity index (χ2v) is 5.06. The number of rotatable bonds is 3. The average molecular weight is 255 g/mol. The van der Waals surface area contributed by atoms with Gasteiger partial charge in [-0.2, -0.15) is 0 Å². The molecule has 0 spiro atoms. The molecule has 1 heterocycles. The van der Waals surface area contributed by atoms with Gasteiger partial charge in [-0.15, -0.1) is 11.8 Å². The fraction of sp³-hybridized carbons (Fsp3) is 0.188. The first-order chi connectivity index (χ1) is 8.86. The highest BCUT2D eigenvalue weighted by Crippen LogP contribution is 2.27. The fourth-order valence-electron chi connectivity index (χ4n) is 1.88. The highest BCUT2D eigenvalue weighted by atomic mass is 32.2. The molecule has 2 heteroatoms. The van der Waals surface area contributed by atoms with Crippen LogP contribution in [-0.4, -0.2) is 18.0 Å². The van der Waals surface area contributed by atoms with Crippen molar-refractivity contribution in [1.82, 2.24) is 0 Å². The molecule has 1 aromatic rings. The normalized spacial score (nSPS) is 16.1. The lowest BCUT2D eigenvalue weighted by Crippen LogP contribution is -2.04. The third-order valence-corrected chi connectivity index (χ3v) is 3.78. The Morgan fingerprint density at radius 2 is 2.22 bits per heavy atom. The van der Waals surface area contributed by atoms with E-state index < -0.39 is 0 Å². The fourth-order valence-corrected chi connectivity index (χ4v) is 2.77. The lowest BCUT2D eigenvalue weighted by atomic mass is 10.0. The highest BCUT2D eigenvalue weighted by Gasteiger charge is 2.14. The van der Waals surface area contributed by atoms with Crippen molar-refractivity contribution >= 4 is 17.5 Å². The monoisotopic (exact) mass is 255 g/mol. The molecule has 1 aliphatic heterocycles. The van der Waals surface area contributed by atoms with Crippen LogP contribution in [0.25, 0.3) is 0 Å². The zero-order valence-electron chi connectivity index (χ0n) is 10.6. The average Bonchev–Trinajstić information content (AvgIpc) is 2.63. The van der Waals surface area contributed by atoms with Crippen molar-refractivity contribution in [2.24, 2.45) is 4.99 Å². The molecule has 1 aliphatic rings. The van der Waals surface area contributed by atoms with Crippen molar-refractivity contribution in [2.75, 3.05) is 12.3 Å². The van der Waals surface area contributed by atoms with Crippen molar-refractivity contribution in [3.05, 3.63) is 66.3 Å². The molecule has 92 valence electrons. The second-order valence-electron chi connectivity index (χ2n) is 3.93. The number of aliphatic imine (C=N–C) groups is 1. The topological polar surface area (TPSA) is 12.4 Å². The van der Waals surface area contributed by atoms with Crippen LogP contribution in [0.3, 0.4) is 0 Å². The molecular formula is C16H17NS. The summed E-state index contributed by atoms with van der Waals surface area (Å²) < 4.78 is 0. The molecule has 0 radical (unpaired) electrons. The zero-order chi connectivity index (χ0) is 12.8. The van der Waals surface area contributed by atoms with Gasteiger partial charge in [0.05, 0.1) is 5.71 Å². The number of hydrogen-bond acceptors (Lipinski definition) is 2. The summed E-state index contributed by atoms with van der Waals surface area (Å²) in [5.74, 6) is 1.04. The SMILES string of the molecule is C=C/C(=C\C=C/C)C1=NCCSc2ccccc21. The minimum atomic E-state index is 0.857. The van der Waals surface area contributed by atoms with Crippen LogP contribution in [0.5, 0.6) is 0 Å². The van der Waals surface area contributed by atoms with Gasteiger partial charge >= 0.3 is 0 Å². The van der Waals surface area contributed by atoms with Gasteiger partial charge in [0.25, 0.3) is 0 Å². The largest absolute Gasteiger partial charge is 0.283 e. The summed E-state index contributed by atoms with van der Waals surface area (Å²) in [7, 11) is 0. The van der Waals surface area contributed by atoms with Gasteiger partial charge in [0, 0.05) is 22.8 Å². The summed E-state index contributed by atoms with van der Waals surface area (Å²) in [6, 6.07) is 8.45. The van der Waals surface area contributed by atoms with Crippen molar-refractivity contribution in [3.63, 3.8) is 0 Å². The highest BCUT2D eigenvalue weighted by molar-refractivity contribution is 7.99. The zero-order valence-corrected chi connectivity index (χ0v) is 11.4. The quantitative estimate of drug-likeness (QED) is 0.735. The van der Waals surface area contributed by atoms with Crippen LogP contribution in [0.2, 0.25) is 0 Å². The van der Waals surface area contributed by atoms with Crippen LogP contribution < -0.4 is 0 Å². The maximum Gasteiger partial charge on any atom is 0.0730 e. The lowest BCUT2D eigenvalue weighted by Gasteiger charge is -2.09. The number of benzene rings is 1. The summed E-state index contributed by atoms with van der Waals surface area (Å²) in [4.78, 5) is 6.02. The van der Waals surface area contributed by atoms with E-state index in [0.29, 0.717) is 0 Å². The Balaban J connectivity index is 2.49. The smallest absolute Gasteiger partial charge is 0.0730 e. The Labute approximate surface area is 113 Å². The van der Waals surface area contributed by atoms with Gasteiger partial charge in [-0.1, -0.05) is 49.1 Å². The maximum atomic E-state index is 4.71. The van der Waals surface area contributed by atoms with Crippen LogP contribution in [0.4, 0.5) is 0 Å². The molecule has 0 aromatic heterocycles. The summed E-state index contributed by atoms with van der Waals surface area (Å²) in [5.41, 5.74) is 3.36. The van der Waals surface area contributed by atoms with E-state index in [-0.39, 0.29) is 0 Å². The maximum absolute atomic E-state index is 4.71. The van der Waals surface area contributed by atoms with Crippen LogP contribution in [-0.2, 0) is 0 Å². The molecule has 0 fully saturated rings. The molecule has 0 atom stereocenters. The molecular weight excluding hydrogens is 238 g/mol. The lowest BCUT2D eigenvalue weighted by molar-refractivity contribution is 1.15. The Morgan fingerprint density at radius 3 is 3.00 bits per heavy atom. The molecule has 0 unspecified atom stereocenters. The van der Waals surface area contributed by atoms with Crippen LogP contribution in [0.15, 0.2) is 70.6 Å². The van der Waals surface area contributed by atoms with E-state index in [9.17, 15) is 0 Å². The Bertz CT molecular complexity index is 524. The molecule has 18 heavy (non-hydrogen) atoms. The van der Waals surface area contributed by atoms with Gasteiger partial charge in [0.2, 0.25) is 0 Å². The van der Waals surface area contributed by atoms with Crippen LogP contribution in [0, 0.1) is 0 Å². The molecule has 0 aliphatic carbocycles. The molecule has 2 rings (SSSR count). The summed E-state index contributed by atoms with van der Waals surface area (Å²) >= 11 is 1.87. The third kappa shape index (κ3) is 2.82. The molecule has 1 aromatic carbocycles. The number of thioether (sulfide) groups is 1. The standard InChI is InChI=1S/C16H17NS/c1-3-5-8-13(4-2)16-14-9-6-7-10-15(14)18-12-11-17-16/h3-10H,2,11-12H2,1H3/b5-3-,13-8+. The van der Waals surface area contributed by atoms with Gasteiger partial charge in [0.1, 0.15) is 0 Å². The third-order valence-electron chi connectivity index (χ3n) is 2.72. The molecule has 0 saturated carbocycles. The predicted octanol–water partition coefficient (Wildman–Crippen LogP) is 4.27. The van der Waals surface area contributed by atoms with E-state index >= 15 is 0 Å². The number of hydrogen-bond donors (Lipinski definition) is 0. The van der Waals surface area contributed by atoms with E-state index in [1.165, 1.54) is 10.5 Å². The first-order valence-corrected chi connectivity index (χ1v) is 7.08. The van der Waals surface area contributed by atoms with Crippen LogP contribution in [0.1, 0.15) is 12.5 Å². The van der Waals surface area contributed by atoms with E-state index in [1.807, 2.05) is 36.9 Å². The summed E-state index contributed by atoms with van der Waals surface area (Å²) in [5, 5.41) is 0. The number of allylic oxidation sites excluding steroid dienone is 5. The second kappa shape index (κ2) is 6.41. The summed E-state index contributed by atoms with van der Waals surface area (Å²) in [6.45, 7) is 6.77. The van der Waals surface area contributed by atoms with Gasteiger partial charge < -0.3 is 0 Å². The van der Waals surface area contributed by atoms with Crippen molar-refractivity contribution in [1.29, 1.82) is 0 Å². The van der Waals surface area contributed by atoms with Gasteiger partial charge in [0.15, 0.2) is 0 Å².